The molecule has 0 bridgehead atoms. The van der Waals surface area contributed by atoms with Gasteiger partial charge in [-0.25, -0.2) is 0 Å². The number of aromatic nitrogens is 3. The fourth-order valence-corrected chi connectivity index (χ4v) is 3.31. The number of alkyl halides is 3. The molecular formula is C19H26F3N7O. The number of nitrogen functional groups attached to an aromatic ring is 1. The van der Waals surface area contributed by atoms with E-state index in [4.69, 9.17) is 5.73 Å². The lowest BCUT2D eigenvalue weighted by Gasteiger charge is -2.37. The molecule has 164 valence electrons. The SMILES string of the molecule is CC(c1nc(N)nc(N(C)C)n1)N1CCN(Cc2ccc(OC(F)(F)F)cc2)CC1. The van der Waals surface area contributed by atoms with Crippen LogP contribution in [0.15, 0.2) is 24.3 Å². The van der Waals surface area contributed by atoms with Crippen molar-refractivity contribution >= 4 is 11.9 Å². The summed E-state index contributed by atoms with van der Waals surface area (Å²) in [6.45, 7) is 6.00. The van der Waals surface area contributed by atoms with Gasteiger partial charge in [-0.1, -0.05) is 12.1 Å². The molecule has 2 N–H and O–H groups in total. The smallest absolute Gasteiger partial charge is 0.406 e. The van der Waals surface area contributed by atoms with Gasteiger partial charge in [0.1, 0.15) is 5.75 Å². The van der Waals surface area contributed by atoms with Crippen LogP contribution in [0.4, 0.5) is 25.1 Å². The second-order valence-corrected chi connectivity index (χ2v) is 7.43. The summed E-state index contributed by atoms with van der Waals surface area (Å²) in [5.74, 6) is 1.16. The second kappa shape index (κ2) is 9.00. The molecule has 30 heavy (non-hydrogen) atoms. The number of rotatable bonds is 6. The molecule has 2 aromatic rings. The number of halogens is 3. The zero-order valence-electron chi connectivity index (χ0n) is 17.2. The summed E-state index contributed by atoms with van der Waals surface area (Å²) in [4.78, 5) is 19.3. The Kier molecular flexibility index (Phi) is 6.61. The summed E-state index contributed by atoms with van der Waals surface area (Å²) in [5.41, 5.74) is 6.77. The van der Waals surface area contributed by atoms with Gasteiger partial charge in [0.05, 0.1) is 6.04 Å². The van der Waals surface area contributed by atoms with E-state index in [9.17, 15) is 13.2 Å². The molecule has 1 aliphatic heterocycles. The summed E-state index contributed by atoms with van der Waals surface area (Å²) in [6.07, 6.45) is -4.68. The van der Waals surface area contributed by atoms with Crippen LogP contribution in [0.1, 0.15) is 24.4 Å². The molecule has 11 heteroatoms. The molecule has 1 saturated heterocycles. The van der Waals surface area contributed by atoms with Crippen LogP contribution in [0.2, 0.25) is 0 Å². The maximum Gasteiger partial charge on any atom is 0.573 e. The Morgan fingerprint density at radius 1 is 1.07 bits per heavy atom. The summed E-state index contributed by atoms with van der Waals surface area (Å²) in [5, 5.41) is 0. The van der Waals surface area contributed by atoms with Gasteiger partial charge in [0.2, 0.25) is 11.9 Å². The van der Waals surface area contributed by atoms with E-state index in [1.807, 2.05) is 21.0 Å². The van der Waals surface area contributed by atoms with Crippen LogP contribution in [0.25, 0.3) is 0 Å². The third-order valence-electron chi connectivity index (χ3n) is 4.95. The number of hydrogen-bond acceptors (Lipinski definition) is 8. The van der Waals surface area contributed by atoms with Gasteiger partial charge in [0.15, 0.2) is 5.82 Å². The van der Waals surface area contributed by atoms with Crippen LogP contribution in [0.5, 0.6) is 5.75 Å². The van der Waals surface area contributed by atoms with Crippen LogP contribution in [-0.4, -0.2) is 71.4 Å². The minimum absolute atomic E-state index is 0.00468. The Morgan fingerprint density at radius 2 is 1.70 bits per heavy atom. The van der Waals surface area contributed by atoms with Crippen LogP contribution in [0, 0.1) is 0 Å². The highest BCUT2D eigenvalue weighted by Crippen LogP contribution is 2.24. The van der Waals surface area contributed by atoms with Crippen LogP contribution in [-0.2, 0) is 6.54 Å². The van der Waals surface area contributed by atoms with Gasteiger partial charge in [-0.2, -0.15) is 15.0 Å². The molecule has 1 atom stereocenters. The van der Waals surface area contributed by atoms with Crippen LogP contribution in [0.3, 0.4) is 0 Å². The predicted octanol–water partition coefficient (Wildman–Crippen LogP) is 2.30. The normalized spacial score (nSPS) is 17.0. The minimum atomic E-state index is -4.68. The van der Waals surface area contributed by atoms with E-state index in [2.05, 4.69) is 29.5 Å². The van der Waals surface area contributed by atoms with E-state index < -0.39 is 6.36 Å². The molecule has 0 aliphatic carbocycles. The van der Waals surface area contributed by atoms with Gasteiger partial charge in [0.25, 0.3) is 0 Å². The number of anilines is 2. The van der Waals surface area contributed by atoms with Crippen molar-refractivity contribution < 1.29 is 17.9 Å². The number of nitrogens with zero attached hydrogens (tertiary/aromatic N) is 6. The van der Waals surface area contributed by atoms with Crippen molar-refractivity contribution in [2.75, 3.05) is 50.9 Å². The lowest BCUT2D eigenvalue weighted by molar-refractivity contribution is -0.274. The van der Waals surface area contributed by atoms with Gasteiger partial charge in [-0.15, -0.1) is 13.2 Å². The van der Waals surface area contributed by atoms with E-state index in [1.165, 1.54) is 12.1 Å². The van der Waals surface area contributed by atoms with E-state index >= 15 is 0 Å². The second-order valence-electron chi connectivity index (χ2n) is 7.43. The van der Waals surface area contributed by atoms with Gasteiger partial charge in [-0.05, 0) is 24.6 Å². The first kappa shape index (κ1) is 22.0. The van der Waals surface area contributed by atoms with E-state index in [0.29, 0.717) is 18.3 Å². The Labute approximate surface area is 173 Å². The number of benzene rings is 1. The topological polar surface area (TPSA) is 83.6 Å². The van der Waals surface area contributed by atoms with Crippen molar-refractivity contribution in [2.24, 2.45) is 0 Å². The minimum Gasteiger partial charge on any atom is -0.406 e. The molecule has 3 rings (SSSR count). The average Bonchev–Trinajstić information content (AvgIpc) is 2.68. The van der Waals surface area contributed by atoms with Crippen molar-refractivity contribution in [3.8, 4) is 5.75 Å². The van der Waals surface area contributed by atoms with Crippen molar-refractivity contribution in [3.63, 3.8) is 0 Å². The zero-order valence-corrected chi connectivity index (χ0v) is 17.2. The first-order chi connectivity index (χ1) is 14.1. The number of ether oxygens (including phenoxy) is 1. The first-order valence-electron chi connectivity index (χ1n) is 9.60. The fraction of sp³-hybridized carbons (Fsp3) is 0.526. The molecule has 1 unspecified atom stereocenters. The summed E-state index contributed by atoms with van der Waals surface area (Å²) in [7, 11) is 3.70. The molecule has 0 amide bonds. The molecule has 0 saturated carbocycles. The Bertz CT molecular complexity index is 837. The highest BCUT2D eigenvalue weighted by atomic mass is 19.4. The van der Waals surface area contributed by atoms with Gasteiger partial charge in [0, 0.05) is 46.8 Å². The molecule has 1 fully saturated rings. The number of nitrogens with two attached hydrogens (primary N) is 1. The molecule has 1 aromatic carbocycles. The summed E-state index contributed by atoms with van der Waals surface area (Å²) < 4.78 is 40.7. The van der Waals surface area contributed by atoms with Gasteiger partial charge >= 0.3 is 6.36 Å². The maximum atomic E-state index is 12.3. The van der Waals surface area contributed by atoms with E-state index in [0.717, 1.165) is 31.7 Å². The predicted molar refractivity (Wildman–Crippen MR) is 107 cm³/mol. The number of hydrogen-bond donors (Lipinski definition) is 1. The Hall–Kier alpha value is -2.66. The Morgan fingerprint density at radius 3 is 2.27 bits per heavy atom. The average molecular weight is 425 g/mol. The lowest BCUT2D eigenvalue weighted by Crippen LogP contribution is -2.47. The highest BCUT2D eigenvalue weighted by Gasteiger charge is 2.31. The summed E-state index contributed by atoms with van der Waals surface area (Å²) in [6, 6.07) is 6.00. The quantitative estimate of drug-likeness (QED) is 0.755. The van der Waals surface area contributed by atoms with Crippen LogP contribution < -0.4 is 15.4 Å². The van der Waals surface area contributed by atoms with E-state index in [1.54, 1.807) is 17.0 Å². The van der Waals surface area contributed by atoms with E-state index in [-0.39, 0.29) is 17.7 Å². The first-order valence-corrected chi connectivity index (χ1v) is 9.60. The van der Waals surface area contributed by atoms with Crippen molar-refractivity contribution in [1.29, 1.82) is 0 Å². The van der Waals surface area contributed by atoms with Crippen molar-refractivity contribution in [2.45, 2.75) is 25.9 Å². The monoisotopic (exact) mass is 425 g/mol. The molecule has 1 aliphatic rings. The zero-order chi connectivity index (χ0) is 21.9. The van der Waals surface area contributed by atoms with Gasteiger partial charge < -0.3 is 15.4 Å². The maximum absolute atomic E-state index is 12.3. The highest BCUT2D eigenvalue weighted by molar-refractivity contribution is 5.33. The lowest BCUT2D eigenvalue weighted by atomic mass is 10.1. The molecule has 1 aromatic heterocycles. The Balaban J connectivity index is 1.55. The largest absolute Gasteiger partial charge is 0.573 e. The molecular weight excluding hydrogens is 399 g/mol. The summed E-state index contributed by atoms with van der Waals surface area (Å²) >= 11 is 0. The fourth-order valence-electron chi connectivity index (χ4n) is 3.31. The standard InChI is InChI=1S/C19H26F3N7O/c1-13(16-24-17(23)26-18(25-16)27(2)3)29-10-8-28(9-11-29)12-14-4-6-15(7-5-14)30-19(20,21)22/h4-7,13H,8-12H2,1-3H3,(H2,23,24,25,26). The molecule has 0 spiro atoms. The van der Waals surface area contributed by atoms with Crippen LogP contribution >= 0.6 is 0 Å². The number of piperazine rings is 1. The molecule has 2 heterocycles. The third-order valence-corrected chi connectivity index (χ3v) is 4.95. The third kappa shape index (κ3) is 5.92. The molecule has 8 nitrogen and oxygen atoms in total. The molecule has 0 radical (unpaired) electrons. The van der Waals surface area contributed by atoms with Crippen molar-refractivity contribution in [3.05, 3.63) is 35.7 Å². The van der Waals surface area contributed by atoms with Gasteiger partial charge in [-0.3, -0.25) is 9.80 Å². The van der Waals surface area contributed by atoms with Crippen molar-refractivity contribution in [1.82, 2.24) is 24.8 Å².